The third-order valence-electron chi connectivity index (χ3n) is 3.91. The number of amides is 1. The van der Waals surface area contributed by atoms with Crippen molar-refractivity contribution in [1.29, 1.82) is 0 Å². The highest BCUT2D eigenvalue weighted by Gasteiger charge is 2.15. The van der Waals surface area contributed by atoms with Crippen molar-refractivity contribution >= 4 is 11.9 Å². The molecule has 24 heavy (non-hydrogen) atoms. The Bertz CT molecular complexity index is 696. The van der Waals surface area contributed by atoms with Gasteiger partial charge in [-0.2, -0.15) is 0 Å². The zero-order valence-corrected chi connectivity index (χ0v) is 13.5. The zero-order valence-electron chi connectivity index (χ0n) is 13.5. The summed E-state index contributed by atoms with van der Waals surface area (Å²) >= 11 is 0. The Morgan fingerprint density at radius 2 is 1.62 bits per heavy atom. The van der Waals surface area contributed by atoms with Crippen molar-refractivity contribution in [2.45, 2.75) is 26.3 Å². The van der Waals surface area contributed by atoms with Gasteiger partial charge in [0.1, 0.15) is 5.82 Å². The largest absolute Gasteiger partial charge is 0.481 e. The second-order valence-electron chi connectivity index (χ2n) is 5.65. The molecule has 0 saturated carbocycles. The number of aliphatic carboxylic acids is 1. The summed E-state index contributed by atoms with van der Waals surface area (Å²) < 4.78 is 12.8. The molecule has 0 saturated heterocycles. The summed E-state index contributed by atoms with van der Waals surface area (Å²) in [6.07, 6.45) is 1.01. The Kier molecular flexibility index (Phi) is 6.07. The highest BCUT2D eigenvalue weighted by Crippen LogP contribution is 2.14. The highest BCUT2D eigenvalue weighted by atomic mass is 19.1. The Hall–Kier alpha value is -2.69. The Labute approximate surface area is 140 Å². The standard InChI is InChI=1S/C19H20FNO3/c1-2-15(19(23)24)11-13-3-7-16(8-4-13)18(22)21-12-14-5-9-17(20)10-6-14/h3-10,15H,2,11-12H2,1H3,(H,21,22)(H,23,24). The van der Waals surface area contributed by atoms with Crippen LogP contribution in [0.4, 0.5) is 4.39 Å². The first kappa shape index (κ1) is 17.7. The van der Waals surface area contributed by atoms with E-state index >= 15 is 0 Å². The summed E-state index contributed by atoms with van der Waals surface area (Å²) in [5, 5.41) is 11.9. The van der Waals surface area contributed by atoms with Crippen molar-refractivity contribution in [3.8, 4) is 0 Å². The monoisotopic (exact) mass is 329 g/mol. The molecule has 0 fully saturated rings. The van der Waals surface area contributed by atoms with E-state index in [9.17, 15) is 14.0 Å². The van der Waals surface area contributed by atoms with E-state index < -0.39 is 11.9 Å². The number of carboxylic acids is 1. The number of carbonyl (C=O) groups is 2. The van der Waals surface area contributed by atoms with Crippen molar-refractivity contribution in [2.24, 2.45) is 5.92 Å². The van der Waals surface area contributed by atoms with Gasteiger partial charge in [-0.05, 0) is 48.2 Å². The molecule has 2 aromatic carbocycles. The van der Waals surface area contributed by atoms with Crippen LogP contribution < -0.4 is 5.32 Å². The molecule has 5 heteroatoms. The van der Waals surface area contributed by atoms with E-state index in [0.717, 1.165) is 11.1 Å². The third kappa shape index (κ3) is 4.91. The quantitative estimate of drug-likeness (QED) is 0.818. The van der Waals surface area contributed by atoms with Crippen LogP contribution in [0, 0.1) is 11.7 Å². The lowest BCUT2D eigenvalue weighted by atomic mass is 9.96. The van der Waals surface area contributed by atoms with Gasteiger partial charge in [0.15, 0.2) is 0 Å². The molecular weight excluding hydrogens is 309 g/mol. The van der Waals surface area contributed by atoms with Crippen LogP contribution in [0.1, 0.15) is 34.8 Å². The van der Waals surface area contributed by atoms with Gasteiger partial charge in [-0.15, -0.1) is 0 Å². The minimum absolute atomic E-state index is 0.226. The zero-order chi connectivity index (χ0) is 17.5. The summed E-state index contributed by atoms with van der Waals surface area (Å²) in [6.45, 7) is 2.16. The van der Waals surface area contributed by atoms with E-state index in [0.29, 0.717) is 24.9 Å². The molecule has 1 unspecified atom stereocenters. The van der Waals surface area contributed by atoms with Gasteiger partial charge in [-0.1, -0.05) is 31.2 Å². The number of carbonyl (C=O) groups excluding carboxylic acids is 1. The van der Waals surface area contributed by atoms with Crippen molar-refractivity contribution in [3.05, 3.63) is 71.0 Å². The minimum atomic E-state index is -0.807. The van der Waals surface area contributed by atoms with Gasteiger partial charge < -0.3 is 10.4 Å². The minimum Gasteiger partial charge on any atom is -0.481 e. The fourth-order valence-corrected chi connectivity index (χ4v) is 2.37. The summed E-state index contributed by atoms with van der Waals surface area (Å²) in [5.74, 6) is -1.76. The Balaban J connectivity index is 1.93. The number of hydrogen-bond donors (Lipinski definition) is 2. The predicted molar refractivity (Wildman–Crippen MR) is 89.1 cm³/mol. The number of hydrogen-bond acceptors (Lipinski definition) is 2. The smallest absolute Gasteiger partial charge is 0.306 e. The van der Waals surface area contributed by atoms with Gasteiger partial charge in [0.05, 0.1) is 5.92 Å². The molecule has 2 aromatic rings. The SMILES string of the molecule is CCC(Cc1ccc(C(=O)NCc2ccc(F)cc2)cc1)C(=O)O. The molecule has 2 rings (SSSR count). The van der Waals surface area contributed by atoms with Crippen molar-refractivity contribution < 1.29 is 19.1 Å². The number of halogens is 1. The van der Waals surface area contributed by atoms with E-state index in [1.165, 1.54) is 12.1 Å². The van der Waals surface area contributed by atoms with Crippen LogP contribution >= 0.6 is 0 Å². The molecule has 2 N–H and O–H groups in total. The van der Waals surface area contributed by atoms with Crippen molar-refractivity contribution in [1.82, 2.24) is 5.32 Å². The molecule has 0 heterocycles. The van der Waals surface area contributed by atoms with E-state index in [-0.39, 0.29) is 11.7 Å². The lowest BCUT2D eigenvalue weighted by Gasteiger charge is -2.10. The van der Waals surface area contributed by atoms with Crippen molar-refractivity contribution in [2.75, 3.05) is 0 Å². The van der Waals surface area contributed by atoms with Gasteiger partial charge >= 0.3 is 5.97 Å². The first-order valence-electron chi connectivity index (χ1n) is 7.84. The van der Waals surface area contributed by atoms with Crippen LogP contribution in [0.15, 0.2) is 48.5 Å². The van der Waals surface area contributed by atoms with E-state index in [2.05, 4.69) is 5.32 Å². The van der Waals surface area contributed by atoms with Crippen LogP contribution in [-0.4, -0.2) is 17.0 Å². The molecule has 0 aliphatic rings. The van der Waals surface area contributed by atoms with Gasteiger partial charge in [-0.25, -0.2) is 4.39 Å². The molecule has 126 valence electrons. The Morgan fingerprint density at radius 1 is 1.04 bits per heavy atom. The third-order valence-corrected chi connectivity index (χ3v) is 3.91. The van der Waals surface area contributed by atoms with Crippen LogP contribution in [0.2, 0.25) is 0 Å². The van der Waals surface area contributed by atoms with Crippen LogP contribution in [0.25, 0.3) is 0 Å². The number of carboxylic acid groups (broad SMARTS) is 1. The topological polar surface area (TPSA) is 66.4 Å². The molecular formula is C19H20FNO3. The first-order chi connectivity index (χ1) is 11.5. The van der Waals surface area contributed by atoms with Gasteiger partial charge in [0.2, 0.25) is 0 Å². The fraction of sp³-hybridized carbons (Fsp3) is 0.263. The van der Waals surface area contributed by atoms with Crippen LogP contribution in [0.5, 0.6) is 0 Å². The first-order valence-corrected chi connectivity index (χ1v) is 7.84. The number of rotatable bonds is 7. The van der Waals surface area contributed by atoms with Gasteiger partial charge in [-0.3, -0.25) is 9.59 Å². The predicted octanol–water partition coefficient (Wildman–Crippen LogP) is 3.41. The average Bonchev–Trinajstić information content (AvgIpc) is 2.59. The van der Waals surface area contributed by atoms with E-state index in [1.54, 1.807) is 36.4 Å². The number of nitrogens with one attached hydrogen (secondary N) is 1. The molecule has 0 aliphatic heterocycles. The molecule has 4 nitrogen and oxygen atoms in total. The van der Waals surface area contributed by atoms with Gasteiger partial charge in [0.25, 0.3) is 5.91 Å². The highest BCUT2D eigenvalue weighted by molar-refractivity contribution is 5.94. The lowest BCUT2D eigenvalue weighted by Crippen LogP contribution is -2.22. The average molecular weight is 329 g/mol. The summed E-state index contributed by atoms with van der Waals surface area (Å²) in [7, 11) is 0. The summed E-state index contributed by atoms with van der Waals surface area (Å²) in [5.41, 5.74) is 2.21. The maximum atomic E-state index is 12.8. The number of benzene rings is 2. The molecule has 1 amide bonds. The van der Waals surface area contributed by atoms with Crippen LogP contribution in [0.3, 0.4) is 0 Å². The van der Waals surface area contributed by atoms with Gasteiger partial charge in [0, 0.05) is 12.1 Å². The molecule has 0 aliphatic carbocycles. The fourth-order valence-electron chi connectivity index (χ4n) is 2.37. The maximum Gasteiger partial charge on any atom is 0.306 e. The lowest BCUT2D eigenvalue weighted by molar-refractivity contribution is -0.141. The molecule has 0 bridgehead atoms. The van der Waals surface area contributed by atoms with Crippen LogP contribution in [-0.2, 0) is 17.8 Å². The second kappa shape index (κ2) is 8.24. The molecule has 0 radical (unpaired) electrons. The summed E-state index contributed by atoms with van der Waals surface area (Å²) in [6, 6.07) is 12.9. The Morgan fingerprint density at radius 3 is 2.17 bits per heavy atom. The van der Waals surface area contributed by atoms with E-state index in [4.69, 9.17) is 5.11 Å². The van der Waals surface area contributed by atoms with E-state index in [1.807, 2.05) is 6.92 Å². The normalized spacial score (nSPS) is 11.8. The second-order valence-corrected chi connectivity index (χ2v) is 5.65. The summed E-state index contributed by atoms with van der Waals surface area (Å²) in [4.78, 5) is 23.2. The molecule has 0 spiro atoms. The van der Waals surface area contributed by atoms with Crippen molar-refractivity contribution in [3.63, 3.8) is 0 Å². The molecule has 1 atom stereocenters. The maximum absolute atomic E-state index is 12.8. The molecule has 0 aromatic heterocycles.